The summed E-state index contributed by atoms with van der Waals surface area (Å²) in [7, 11) is -4.08. The lowest BCUT2D eigenvalue weighted by molar-refractivity contribution is -0.125. The minimum absolute atomic E-state index is 0.0862. The van der Waals surface area contributed by atoms with Gasteiger partial charge in [0, 0.05) is 25.2 Å². The van der Waals surface area contributed by atoms with E-state index in [1.807, 2.05) is 0 Å². The average molecular weight is 434 g/mol. The molecule has 30 heavy (non-hydrogen) atoms. The highest BCUT2D eigenvalue weighted by Gasteiger charge is 2.32. The summed E-state index contributed by atoms with van der Waals surface area (Å²) in [5, 5.41) is 2.52. The second-order valence-electron chi connectivity index (χ2n) is 6.91. The first-order valence-electron chi connectivity index (χ1n) is 9.33. The van der Waals surface area contributed by atoms with Crippen molar-refractivity contribution in [3.63, 3.8) is 0 Å². The topological polar surface area (TPSA) is 102 Å². The van der Waals surface area contributed by atoms with Gasteiger partial charge < -0.3 is 14.8 Å². The third-order valence-corrected chi connectivity index (χ3v) is 6.88. The predicted molar refractivity (Wildman–Crippen MR) is 104 cm³/mol. The number of esters is 1. The Hall–Kier alpha value is -2.82. The molecule has 2 aliphatic rings. The largest absolute Gasteiger partial charge is 0.448 e. The fraction of sp³-hybridized carbons (Fsp3) is 0.300. The van der Waals surface area contributed by atoms with Crippen molar-refractivity contribution in [3.8, 4) is 0 Å². The number of fused-ring (bicyclic) bond motifs is 1. The molecular formula is C20H19FN2O6S. The van der Waals surface area contributed by atoms with Crippen LogP contribution in [0.25, 0.3) is 0 Å². The quantitative estimate of drug-likeness (QED) is 0.733. The molecule has 10 heteroatoms. The van der Waals surface area contributed by atoms with Gasteiger partial charge in [-0.3, -0.25) is 4.79 Å². The van der Waals surface area contributed by atoms with Crippen molar-refractivity contribution in [1.82, 2.24) is 4.31 Å². The lowest BCUT2D eigenvalue weighted by Gasteiger charge is -2.26. The number of amides is 1. The van der Waals surface area contributed by atoms with E-state index in [1.165, 1.54) is 6.07 Å². The van der Waals surface area contributed by atoms with E-state index >= 15 is 0 Å². The third-order valence-electron chi connectivity index (χ3n) is 4.97. The van der Waals surface area contributed by atoms with Crippen LogP contribution in [-0.4, -0.2) is 57.0 Å². The molecule has 1 amide bonds. The van der Waals surface area contributed by atoms with E-state index in [9.17, 15) is 22.4 Å². The number of halogens is 1. The Balaban J connectivity index is 1.54. The molecule has 2 aromatic carbocycles. The summed E-state index contributed by atoms with van der Waals surface area (Å²) in [6.07, 6.45) is -0.884. The molecule has 1 N–H and O–H groups in total. The number of hydrogen-bond donors (Lipinski definition) is 1. The molecule has 0 radical (unpaired) electrons. The van der Waals surface area contributed by atoms with Crippen LogP contribution in [0.15, 0.2) is 47.4 Å². The molecule has 0 bridgehead atoms. The number of nitrogens with zero attached hydrogens (tertiary/aromatic N) is 1. The maximum atomic E-state index is 14.3. The van der Waals surface area contributed by atoms with Crippen molar-refractivity contribution in [2.24, 2.45) is 0 Å². The van der Waals surface area contributed by atoms with Gasteiger partial charge in [-0.2, -0.15) is 4.31 Å². The van der Waals surface area contributed by atoms with Crippen LogP contribution in [0.4, 0.5) is 10.1 Å². The molecule has 2 aromatic rings. The zero-order chi connectivity index (χ0) is 21.3. The summed E-state index contributed by atoms with van der Waals surface area (Å²) in [4.78, 5) is 24.2. The minimum Gasteiger partial charge on any atom is -0.448 e. The lowest BCUT2D eigenvalue weighted by Crippen LogP contribution is -2.41. The number of nitrogens with one attached hydrogen (secondary N) is 1. The summed E-state index contributed by atoms with van der Waals surface area (Å²) in [5.41, 5.74) is 1.17. The molecule has 2 aliphatic heterocycles. The zero-order valence-electron chi connectivity index (χ0n) is 15.8. The average Bonchev–Trinajstić information content (AvgIpc) is 2.75. The first-order valence-corrected chi connectivity index (χ1v) is 10.8. The third kappa shape index (κ3) is 3.93. The number of carbonyl (C=O) groups excluding carboxylic acids is 2. The number of carbonyl (C=O) groups is 2. The molecule has 0 spiro atoms. The fourth-order valence-electron chi connectivity index (χ4n) is 3.41. The number of sulfonamides is 1. The predicted octanol–water partition coefficient (Wildman–Crippen LogP) is 1.57. The second-order valence-corrected chi connectivity index (χ2v) is 8.81. The Morgan fingerprint density at radius 3 is 2.63 bits per heavy atom. The van der Waals surface area contributed by atoms with E-state index in [1.54, 1.807) is 24.3 Å². The Morgan fingerprint density at radius 2 is 1.87 bits per heavy atom. The van der Waals surface area contributed by atoms with Crippen LogP contribution in [0.3, 0.4) is 0 Å². The standard InChI is InChI=1S/C20H19FN2O6S/c21-16-6-5-14(12-18(16)30(26,27)23-7-9-28-10-8-23)22-19(24)17-11-13-3-1-2-4-15(13)20(25)29-17/h1-6,12,17H,7-11H2,(H,22,24). The van der Waals surface area contributed by atoms with Gasteiger partial charge in [-0.25, -0.2) is 17.6 Å². The molecule has 1 atom stereocenters. The molecule has 158 valence electrons. The zero-order valence-corrected chi connectivity index (χ0v) is 16.7. The number of ether oxygens (including phenoxy) is 2. The first-order chi connectivity index (χ1) is 14.4. The van der Waals surface area contributed by atoms with Crippen molar-refractivity contribution in [2.45, 2.75) is 17.4 Å². The number of anilines is 1. The van der Waals surface area contributed by atoms with Gasteiger partial charge in [0.05, 0.1) is 18.8 Å². The van der Waals surface area contributed by atoms with Gasteiger partial charge in [-0.05, 0) is 29.8 Å². The molecule has 2 heterocycles. The molecule has 0 saturated carbocycles. The van der Waals surface area contributed by atoms with Crippen LogP contribution in [0, 0.1) is 5.82 Å². The van der Waals surface area contributed by atoms with Crippen LogP contribution in [0.2, 0.25) is 0 Å². The SMILES string of the molecule is O=C1OC(C(=O)Nc2ccc(F)c(S(=O)(=O)N3CCOCC3)c2)Cc2ccccc21. The Labute approximate surface area is 172 Å². The molecule has 4 rings (SSSR count). The van der Waals surface area contributed by atoms with Crippen molar-refractivity contribution in [3.05, 3.63) is 59.4 Å². The van der Waals surface area contributed by atoms with Crippen LogP contribution in [-0.2, 0) is 30.7 Å². The number of cyclic esters (lactones) is 1. The number of morpholine rings is 1. The van der Waals surface area contributed by atoms with Gasteiger partial charge in [-0.15, -0.1) is 0 Å². The van der Waals surface area contributed by atoms with Gasteiger partial charge in [0.25, 0.3) is 5.91 Å². The van der Waals surface area contributed by atoms with Gasteiger partial charge in [0.1, 0.15) is 10.7 Å². The summed E-state index contributed by atoms with van der Waals surface area (Å²) < 4.78 is 51.3. The van der Waals surface area contributed by atoms with Gasteiger partial charge in [-0.1, -0.05) is 18.2 Å². The van der Waals surface area contributed by atoms with Crippen LogP contribution >= 0.6 is 0 Å². The van der Waals surface area contributed by atoms with Crippen molar-refractivity contribution >= 4 is 27.6 Å². The van der Waals surface area contributed by atoms with Crippen molar-refractivity contribution < 1.29 is 31.9 Å². The van der Waals surface area contributed by atoms with Crippen LogP contribution in [0.1, 0.15) is 15.9 Å². The molecule has 0 aromatic heterocycles. The fourth-order valence-corrected chi connectivity index (χ4v) is 4.90. The maximum Gasteiger partial charge on any atom is 0.339 e. The molecule has 1 saturated heterocycles. The van der Waals surface area contributed by atoms with E-state index in [0.717, 1.165) is 16.4 Å². The van der Waals surface area contributed by atoms with E-state index in [2.05, 4.69) is 5.32 Å². The van der Waals surface area contributed by atoms with Crippen molar-refractivity contribution in [1.29, 1.82) is 0 Å². The Kier molecular flexibility index (Phi) is 5.54. The van der Waals surface area contributed by atoms with Crippen LogP contribution < -0.4 is 5.32 Å². The molecular weight excluding hydrogens is 415 g/mol. The summed E-state index contributed by atoms with van der Waals surface area (Å²) >= 11 is 0. The van der Waals surface area contributed by atoms with Crippen molar-refractivity contribution in [2.75, 3.05) is 31.6 Å². The number of rotatable bonds is 4. The highest BCUT2D eigenvalue weighted by molar-refractivity contribution is 7.89. The van der Waals surface area contributed by atoms with Gasteiger partial charge in [0.15, 0.2) is 6.10 Å². The highest BCUT2D eigenvalue weighted by atomic mass is 32.2. The van der Waals surface area contributed by atoms with E-state index in [4.69, 9.17) is 9.47 Å². The minimum atomic E-state index is -4.08. The van der Waals surface area contributed by atoms with Gasteiger partial charge in [0.2, 0.25) is 10.0 Å². The van der Waals surface area contributed by atoms with Crippen LogP contribution in [0.5, 0.6) is 0 Å². The molecule has 0 aliphatic carbocycles. The summed E-state index contributed by atoms with van der Waals surface area (Å²) in [6, 6.07) is 10.1. The number of hydrogen-bond acceptors (Lipinski definition) is 6. The second kappa shape index (κ2) is 8.13. The smallest absolute Gasteiger partial charge is 0.339 e. The van der Waals surface area contributed by atoms with E-state index in [0.29, 0.717) is 11.1 Å². The van der Waals surface area contributed by atoms with Gasteiger partial charge >= 0.3 is 5.97 Å². The summed E-state index contributed by atoms with van der Waals surface area (Å²) in [6.45, 7) is 0.698. The van der Waals surface area contributed by atoms with E-state index in [-0.39, 0.29) is 38.4 Å². The lowest BCUT2D eigenvalue weighted by atomic mass is 9.98. The Morgan fingerprint density at radius 1 is 1.13 bits per heavy atom. The van der Waals surface area contributed by atoms with E-state index < -0.39 is 38.7 Å². The first kappa shape index (κ1) is 20.5. The molecule has 8 nitrogen and oxygen atoms in total. The summed E-state index contributed by atoms with van der Waals surface area (Å²) in [5.74, 6) is -2.15. The monoisotopic (exact) mass is 434 g/mol. The normalized spacial score (nSPS) is 19.6. The Bertz CT molecular complexity index is 1100. The molecule has 1 fully saturated rings. The maximum absolute atomic E-state index is 14.3. The number of benzene rings is 2. The highest BCUT2D eigenvalue weighted by Crippen LogP contribution is 2.25. The molecule has 1 unspecified atom stereocenters.